The number of amides is 1. The number of carbonyl (C=O) groups excluding carboxylic acids is 3. The van der Waals surface area contributed by atoms with Gasteiger partial charge in [0.25, 0.3) is 0 Å². The summed E-state index contributed by atoms with van der Waals surface area (Å²) in [5, 5.41) is 47.3. The molecular weight excluding hydrogens is 602 g/mol. The number of benzene rings is 2. The third-order valence-corrected chi connectivity index (χ3v) is 11.1. The zero-order chi connectivity index (χ0) is 31.3. The van der Waals surface area contributed by atoms with E-state index < -0.39 is 63.9 Å². The Morgan fingerprint density at radius 1 is 1.07 bits per heavy atom. The van der Waals surface area contributed by atoms with Crippen molar-refractivity contribution in [3.63, 3.8) is 0 Å². The van der Waals surface area contributed by atoms with Gasteiger partial charge in [0.2, 0.25) is 5.91 Å². The second-order valence-corrected chi connectivity index (χ2v) is 14.8. The van der Waals surface area contributed by atoms with Gasteiger partial charge in [-0.05, 0) is 70.9 Å². The largest absolute Gasteiger partial charge is 0.507 e. The summed E-state index contributed by atoms with van der Waals surface area (Å²) in [5.74, 6) is -6.99. The Hall–Kier alpha value is -2.59. The number of phenols is 1. The molecule has 0 spiro atoms. The second-order valence-electron chi connectivity index (χ2n) is 13.9. The molecule has 1 amide bonds. The van der Waals surface area contributed by atoms with Gasteiger partial charge in [-0.1, -0.05) is 69.6 Å². The van der Waals surface area contributed by atoms with Crippen molar-refractivity contribution in [1.29, 1.82) is 0 Å². The maximum Gasteiger partial charge on any atom is 0.230 e. The molecule has 5 rings (SSSR count). The number of aromatic hydroxyl groups is 1. The van der Waals surface area contributed by atoms with Crippen LogP contribution in [0, 0.1) is 34.5 Å². The minimum atomic E-state index is -2.53. The first-order chi connectivity index (χ1) is 19.4. The third-order valence-electron chi connectivity index (χ3n) is 10.6. The normalized spacial score (nSPS) is 36.0. The molecule has 8 atom stereocenters. The minimum absolute atomic E-state index is 0.000324. The van der Waals surface area contributed by atoms with Crippen LogP contribution in [0.2, 0.25) is 0 Å². The van der Waals surface area contributed by atoms with Crippen LogP contribution in [0.5, 0.6) is 5.75 Å². The highest BCUT2D eigenvalue weighted by Gasteiger charge is 2.76. The van der Waals surface area contributed by atoms with Gasteiger partial charge in [0.05, 0.1) is 17.6 Å². The number of Topliss-reactive ketones (excluding diaryl/α,β-unsaturated/α-hetero) is 2. The number of halogens is 1. The number of aliphatic hydroxyl groups is 3. The maximum absolute atomic E-state index is 14.5. The van der Waals surface area contributed by atoms with E-state index in [4.69, 9.17) is 5.73 Å². The maximum atomic E-state index is 14.5. The van der Waals surface area contributed by atoms with Gasteiger partial charge in [0.15, 0.2) is 17.2 Å². The van der Waals surface area contributed by atoms with E-state index in [2.05, 4.69) is 15.9 Å². The van der Waals surface area contributed by atoms with Crippen LogP contribution in [-0.2, 0) is 16.0 Å². The second kappa shape index (κ2) is 9.97. The molecule has 9 heteroatoms. The van der Waals surface area contributed by atoms with Crippen molar-refractivity contribution in [2.75, 3.05) is 0 Å². The molecule has 42 heavy (non-hydrogen) atoms. The lowest BCUT2D eigenvalue weighted by molar-refractivity contribution is -0.265. The van der Waals surface area contributed by atoms with Crippen LogP contribution in [0.4, 0.5) is 0 Å². The number of ketones is 2. The Balaban J connectivity index is 1.75. The molecule has 0 heterocycles. The summed E-state index contributed by atoms with van der Waals surface area (Å²) in [4.78, 5) is 40.9. The number of carbonyl (C=O) groups is 3. The fourth-order valence-corrected chi connectivity index (χ4v) is 9.26. The van der Waals surface area contributed by atoms with Crippen LogP contribution in [0.25, 0.3) is 11.1 Å². The number of phenolic OH excluding ortho intramolecular Hbond substituents is 1. The lowest BCUT2D eigenvalue weighted by Crippen LogP contribution is -2.79. The molecule has 0 aliphatic heterocycles. The van der Waals surface area contributed by atoms with Gasteiger partial charge in [-0.25, -0.2) is 0 Å². The van der Waals surface area contributed by atoms with E-state index in [9.17, 15) is 34.8 Å². The van der Waals surface area contributed by atoms with Crippen molar-refractivity contribution in [3.05, 3.63) is 51.5 Å². The molecule has 2 saturated carbocycles. The highest BCUT2D eigenvalue weighted by Crippen LogP contribution is 2.66. The van der Waals surface area contributed by atoms with Crippen LogP contribution >= 0.6 is 15.9 Å². The van der Waals surface area contributed by atoms with Crippen LogP contribution < -0.4 is 5.73 Å². The molecule has 3 aliphatic rings. The van der Waals surface area contributed by atoms with E-state index >= 15 is 0 Å². The quantitative estimate of drug-likeness (QED) is 0.314. The molecule has 2 aromatic carbocycles. The lowest BCUT2D eigenvalue weighted by atomic mass is 9.39. The van der Waals surface area contributed by atoms with Crippen molar-refractivity contribution in [2.45, 2.75) is 78.1 Å². The number of hydrogen-bond acceptors (Lipinski definition) is 7. The summed E-state index contributed by atoms with van der Waals surface area (Å²) in [7, 11) is 0. The van der Waals surface area contributed by atoms with Crippen molar-refractivity contribution < 1.29 is 34.8 Å². The Morgan fingerprint density at radius 3 is 2.19 bits per heavy atom. The first-order valence-electron chi connectivity index (χ1n) is 14.5. The first kappa shape index (κ1) is 30.9. The molecule has 3 aliphatic carbocycles. The number of primary amides is 1. The Labute approximate surface area is 254 Å². The summed E-state index contributed by atoms with van der Waals surface area (Å²) in [5.41, 5.74) is 3.55. The third kappa shape index (κ3) is 4.00. The van der Waals surface area contributed by atoms with E-state index in [0.29, 0.717) is 23.1 Å². The number of aliphatic hydroxyl groups excluding tert-OH is 2. The molecular formula is C33H40BrNO7. The average molecular weight is 643 g/mol. The molecule has 0 aromatic heterocycles. The van der Waals surface area contributed by atoms with Crippen LogP contribution in [0.15, 0.2) is 34.8 Å². The Bertz CT molecular complexity index is 1490. The van der Waals surface area contributed by atoms with Gasteiger partial charge in [0.1, 0.15) is 17.8 Å². The zero-order valence-electron chi connectivity index (χ0n) is 24.8. The molecule has 226 valence electrons. The van der Waals surface area contributed by atoms with E-state index in [1.807, 2.05) is 65.0 Å². The van der Waals surface area contributed by atoms with E-state index in [1.165, 1.54) is 0 Å². The smallest absolute Gasteiger partial charge is 0.230 e. The summed E-state index contributed by atoms with van der Waals surface area (Å²) in [6, 6.07) is 9.26. The van der Waals surface area contributed by atoms with Gasteiger partial charge in [0, 0.05) is 15.5 Å². The molecule has 2 unspecified atom stereocenters. The highest BCUT2D eigenvalue weighted by atomic mass is 79.9. The van der Waals surface area contributed by atoms with Crippen LogP contribution in [0.3, 0.4) is 0 Å². The molecule has 2 aromatic rings. The number of nitrogens with two attached hydrogens (primary N) is 1. The molecule has 0 radical (unpaired) electrons. The zero-order valence-corrected chi connectivity index (χ0v) is 26.4. The topological polar surface area (TPSA) is 158 Å². The monoisotopic (exact) mass is 641 g/mol. The van der Waals surface area contributed by atoms with E-state index in [-0.39, 0.29) is 29.6 Å². The average Bonchev–Trinajstić information content (AvgIpc) is 2.86. The fourth-order valence-electron chi connectivity index (χ4n) is 8.99. The summed E-state index contributed by atoms with van der Waals surface area (Å²) < 4.78 is 0.859. The SMILES string of the molecule is CC(C)c1cc(-c2ccc(Br)cc2)c(O)c2c1C[C@]1(C)C[C@]3(C)[C@@H](C(C)C)C(O)[C@@H](C(N)=O)C(=O)[C@]3(O)C(O)[C@H]1C2=O. The fraction of sp³-hybridized carbons (Fsp3) is 0.545. The molecule has 2 fully saturated rings. The first-order valence-corrected chi connectivity index (χ1v) is 15.3. The predicted octanol–water partition coefficient (Wildman–Crippen LogP) is 4.13. The Morgan fingerprint density at radius 2 is 1.67 bits per heavy atom. The van der Waals surface area contributed by atoms with Gasteiger partial charge in [-0.15, -0.1) is 0 Å². The van der Waals surface area contributed by atoms with Crippen LogP contribution in [0.1, 0.15) is 75.4 Å². The van der Waals surface area contributed by atoms with Crippen molar-refractivity contribution in [3.8, 4) is 16.9 Å². The van der Waals surface area contributed by atoms with Gasteiger partial charge < -0.3 is 26.2 Å². The van der Waals surface area contributed by atoms with Crippen molar-refractivity contribution in [2.24, 2.45) is 40.2 Å². The predicted molar refractivity (Wildman–Crippen MR) is 161 cm³/mol. The lowest BCUT2D eigenvalue weighted by Gasteiger charge is -2.66. The standard InChI is InChI=1S/C33H40BrNO7/c1-14(2)18-11-19(16-7-9-17(34)10-8-16)25(36)21-20(18)12-31(5)13-32(6)23(15(3)4)27(38)22(30(35)41)28(39)33(32,42)29(40)24(31)26(21)37/h7-11,14-15,22-24,27,29,36,38,40,42H,12-13H2,1-6H3,(H2,35,41)/t22-,23+,24-,27?,29?,31-,32-,33+/m1/s1. The van der Waals surface area contributed by atoms with Gasteiger partial charge in [-0.2, -0.15) is 0 Å². The van der Waals surface area contributed by atoms with Gasteiger partial charge >= 0.3 is 0 Å². The van der Waals surface area contributed by atoms with Crippen molar-refractivity contribution >= 4 is 33.4 Å². The minimum Gasteiger partial charge on any atom is -0.507 e. The Kier molecular flexibility index (Phi) is 7.33. The number of hydrogen-bond donors (Lipinski definition) is 5. The van der Waals surface area contributed by atoms with E-state index in [1.54, 1.807) is 6.92 Å². The summed E-state index contributed by atoms with van der Waals surface area (Å²) in [6.07, 6.45) is -2.93. The van der Waals surface area contributed by atoms with Gasteiger partial charge in [-0.3, -0.25) is 14.4 Å². The number of fused-ring (bicyclic) bond motifs is 3. The van der Waals surface area contributed by atoms with Crippen LogP contribution in [-0.4, -0.2) is 55.7 Å². The summed E-state index contributed by atoms with van der Waals surface area (Å²) >= 11 is 3.43. The molecule has 0 saturated heterocycles. The number of rotatable bonds is 4. The van der Waals surface area contributed by atoms with E-state index in [0.717, 1.165) is 10.0 Å². The summed E-state index contributed by atoms with van der Waals surface area (Å²) in [6.45, 7) is 11.2. The molecule has 0 bridgehead atoms. The highest BCUT2D eigenvalue weighted by molar-refractivity contribution is 9.10. The molecule has 6 N–H and O–H groups in total. The van der Waals surface area contributed by atoms with Crippen molar-refractivity contribution in [1.82, 2.24) is 0 Å². The molecule has 8 nitrogen and oxygen atoms in total.